The second-order valence-electron chi connectivity index (χ2n) is 5.46. The zero-order valence-electron chi connectivity index (χ0n) is 11.8. The summed E-state index contributed by atoms with van der Waals surface area (Å²) in [4.78, 5) is 0. The molecule has 4 rings (SSSR count). The molecule has 1 heteroatoms. The van der Waals surface area contributed by atoms with Gasteiger partial charge in [0.2, 0.25) is 0 Å². The highest BCUT2D eigenvalue weighted by molar-refractivity contribution is 6.70. The van der Waals surface area contributed by atoms with Crippen molar-refractivity contribution in [2.24, 2.45) is 0 Å². The van der Waals surface area contributed by atoms with Gasteiger partial charge in [0.25, 0.3) is 0 Å². The van der Waals surface area contributed by atoms with Crippen LogP contribution in [0.4, 0.5) is 0 Å². The Labute approximate surface area is 126 Å². The lowest BCUT2D eigenvalue weighted by Gasteiger charge is -2.10. The molecule has 4 aromatic rings. The Morgan fingerprint density at radius 3 is 1.95 bits per heavy atom. The molecule has 0 N–H and O–H groups in total. The lowest BCUT2D eigenvalue weighted by atomic mass is 10.0. The first-order valence-corrected chi connectivity index (χ1v) is 8.76. The minimum absolute atomic E-state index is 0.444. The van der Waals surface area contributed by atoms with E-state index >= 15 is 0 Å². The van der Waals surface area contributed by atoms with Crippen LogP contribution < -0.4 is 10.4 Å². The van der Waals surface area contributed by atoms with E-state index in [1.165, 1.54) is 31.9 Å². The molecule has 0 spiro atoms. The average molecular weight is 284 g/mol. The van der Waals surface area contributed by atoms with Gasteiger partial charge in [-0.3, -0.25) is 0 Å². The van der Waals surface area contributed by atoms with E-state index in [0.717, 1.165) is 0 Å². The third-order valence-electron chi connectivity index (χ3n) is 4.09. The minimum atomic E-state index is -0.444. The van der Waals surface area contributed by atoms with Crippen LogP contribution in [0.2, 0.25) is 0 Å². The lowest BCUT2D eigenvalue weighted by molar-refractivity contribution is 1.76. The van der Waals surface area contributed by atoms with Gasteiger partial charge in [0, 0.05) is 0 Å². The van der Waals surface area contributed by atoms with Gasteiger partial charge in [-0.2, -0.15) is 0 Å². The highest BCUT2D eigenvalue weighted by Gasteiger charge is 2.06. The molecule has 0 bridgehead atoms. The summed E-state index contributed by atoms with van der Waals surface area (Å²) in [6, 6.07) is 30.8. The maximum absolute atomic E-state index is 2.40. The van der Waals surface area contributed by atoms with Crippen LogP contribution in [0, 0.1) is 0 Å². The van der Waals surface area contributed by atoms with E-state index in [9.17, 15) is 0 Å². The maximum atomic E-state index is 2.40. The first-order valence-electron chi connectivity index (χ1n) is 7.35. The summed E-state index contributed by atoms with van der Waals surface area (Å²) in [7, 11) is -0.444. The molecule has 0 aliphatic heterocycles. The largest absolute Gasteiger partial charge is 0.0883 e. The summed E-state index contributed by atoms with van der Waals surface area (Å²) in [5, 5.41) is 8.56. The van der Waals surface area contributed by atoms with Crippen LogP contribution >= 0.6 is 0 Å². The predicted molar refractivity (Wildman–Crippen MR) is 95.7 cm³/mol. The Morgan fingerprint density at radius 1 is 0.524 bits per heavy atom. The first kappa shape index (κ1) is 12.4. The molecular weight excluding hydrogens is 268 g/mol. The summed E-state index contributed by atoms with van der Waals surface area (Å²) in [5.41, 5.74) is 0. The fourth-order valence-corrected chi connectivity index (χ4v) is 4.86. The van der Waals surface area contributed by atoms with Crippen molar-refractivity contribution in [2.75, 3.05) is 0 Å². The average Bonchev–Trinajstić information content (AvgIpc) is 2.56. The predicted octanol–water partition coefficient (Wildman–Crippen LogP) is 3.11. The lowest BCUT2D eigenvalue weighted by Crippen LogP contribution is -2.27. The van der Waals surface area contributed by atoms with Gasteiger partial charge in [0.15, 0.2) is 0 Å². The molecule has 0 heterocycles. The summed E-state index contributed by atoms with van der Waals surface area (Å²) >= 11 is 0. The number of hydrogen-bond acceptors (Lipinski definition) is 0. The van der Waals surface area contributed by atoms with E-state index in [4.69, 9.17) is 0 Å². The first-order chi connectivity index (χ1) is 10.4. The standard InChI is InChI=1S/C20H16Si/c1-2-9-16(10-3-1)21-20-14-15-8-4-5-11-17(15)18-12-6-7-13-19(18)20/h1-14H,21H2. The van der Waals surface area contributed by atoms with Crippen molar-refractivity contribution in [3.8, 4) is 0 Å². The highest BCUT2D eigenvalue weighted by atomic mass is 28.2. The minimum Gasteiger partial charge on any atom is -0.0633 e. The van der Waals surface area contributed by atoms with Crippen LogP contribution in [0.1, 0.15) is 0 Å². The van der Waals surface area contributed by atoms with E-state index in [-0.39, 0.29) is 0 Å². The highest BCUT2D eigenvalue weighted by Crippen LogP contribution is 2.23. The van der Waals surface area contributed by atoms with Gasteiger partial charge in [0.05, 0.1) is 9.52 Å². The summed E-state index contributed by atoms with van der Waals surface area (Å²) in [6.45, 7) is 0. The number of hydrogen-bond donors (Lipinski definition) is 0. The van der Waals surface area contributed by atoms with Crippen molar-refractivity contribution in [3.63, 3.8) is 0 Å². The van der Waals surface area contributed by atoms with Gasteiger partial charge in [-0.25, -0.2) is 0 Å². The Hall–Kier alpha value is -2.38. The van der Waals surface area contributed by atoms with E-state index in [0.29, 0.717) is 0 Å². The molecule has 0 radical (unpaired) electrons. The molecule has 0 saturated carbocycles. The fourth-order valence-electron chi connectivity index (χ4n) is 3.09. The maximum Gasteiger partial charge on any atom is 0.0883 e. The number of rotatable bonds is 2. The van der Waals surface area contributed by atoms with E-state index in [1.807, 2.05) is 0 Å². The van der Waals surface area contributed by atoms with Gasteiger partial charge in [-0.1, -0.05) is 95.3 Å². The Bertz CT molecular complexity index is 910. The molecule has 4 aromatic carbocycles. The van der Waals surface area contributed by atoms with Crippen molar-refractivity contribution in [1.82, 2.24) is 0 Å². The number of benzene rings is 4. The molecule has 0 fully saturated rings. The normalized spacial score (nSPS) is 11.6. The monoisotopic (exact) mass is 284 g/mol. The summed E-state index contributed by atoms with van der Waals surface area (Å²) in [6.07, 6.45) is 0. The van der Waals surface area contributed by atoms with Crippen LogP contribution in [0.25, 0.3) is 21.5 Å². The smallest absolute Gasteiger partial charge is 0.0633 e. The Morgan fingerprint density at radius 2 is 1.14 bits per heavy atom. The molecule has 0 aliphatic carbocycles. The molecule has 0 aromatic heterocycles. The summed E-state index contributed by atoms with van der Waals surface area (Å²) < 4.78 is 0. The molecule has 0 amide bonds. The van der Waals surface area contributed by atoms with Crippen LogP contribution in [0.5, 0.6) is 0 Å². The van der Waals surface area contributed by atoms with Gasteiger partial charge >= 0.3 is 0 Å². The van der Waals surface area contributed by atoms with Crippen molar-refractivity contribution < 1.29 is 0 Å². The Balaban J connectivity index is 1.98. The molecule has 0 aliphatic rings. The quantitative estimate of drug-likeness (QED) is 0.392. The molecule has 0 unspecified atom stereocenters. The van der Waals surface area contributed by atoms with Crippen LogP contribution in [-0.4, -0.2) is 9.52 Å². The van der Waals surface area contributed by atoms with Gasteiger partial charge in [-0.15, -0.1) is 0 Å². The summed E-state index contributed by atoms with van der Waals surface area (Å²) in [5.74, 6) is 0. The molecule has 0 saturated heterocycles. The third-order valence-corrected chi connectivity index (χ3v) is 5.94. The van der Waals surface area contributed by atoms with Crippen molar-refractivity contribution >= 4 is 41.4 Å². The zero-order valence-corrected chi connectivity index (χ0v) is 13.2. The molecule has 21 heavy (non-hydrogen) atoms. The Kier molecular flexibility index (Phi) is 3.06. The second-order valence-corrected chi connectivity index (χ2v) is 7.40. The van der Waals surface area contributed by atoms with Gasteiger partial charge < -0.3 is 0 Å². The van der Waals surface area contributed by atoms with Crippen molar-refractivity contribution in [2.45, 2.75) is 0 Å². The SMILES string of the molecule is c1ccc([SiH2]c2cc3ccccc3c3ccccc23)cc1. The van der Waals surface area contributed by atoms with E-state index in [1.54, 1.807) is 0 Å². The third kappa shape index (κ3) is 2.26. The van der Waals surface area contributed by atoms with Crippen LogP contribution in [-0.2, 0) is 0 Å². The van der Waals surface area contributed by atoms with Crippen molar-refractivity contribution in [1.29, 1.82) is 0 Å². The van der Waals surface area contributed by atoms with Gasteiger partial charge in [0.1, 0.15) is 0 Å². The molecule has 100 valence electrons. The second kappa shape index (κ2) is 5.19. The van der Waals surface area contributed by atoms with E-state index in [2.05, 4.69) is 84.9 Å². The van der Waals surface area contributed by atoms with Crippen molar-refractivity contribution in [3.05, 3.63) is 84.9 Å². The van der Waals surface area contributed by atoms with E-state index < -0.39 is 9.52 Å². The molecular formula is C20H16Si. The molecule has 0 atom stereocenters. The fraction of sp³-hybridized carbons (Fsp3) is 0. The zero-order chi connectivity index (χ0) is 14.1. The topological polar surface area (TPSA) is 0 Å². The van der Waals surface area contributed by atoms with Crippen LogP contribution in [0.15, 0.2) is 84.9 Å². The number of fused-ring (bicyclic) bond motifs is 3. The van der Waals surface area contributed by atoms with Gasteiger partial charge in [-0.05, 0) is 21.5 Å². The molecule has 0 nitrogen and oxygen atoms in total. The van der Waals surface area contributed by atoms with Crippen LogP contribution in [0.3, 0.4) is 0 Å².